The third-order valence-corrected chi connectivity index (χ3v) is 6.46. The van der Waals surface area contributed by atoms with Crippen LogP contribution in [0.15, 0.2) is 30.5 Å². The van der Waals surface area contributed by atoms with Gasteiger partial charge in [0, 0.05) is 50.2 Å². The second-order valence-corrected chi connectivity index (χ2v) is 10.5. The van der Waals surface area contributed by atoms with Crippen LogP contribution in [0.4, 0.5) is 17.5 Å². The lowest BCUT2D eigenvalue weighted by Gasteiger charge is -2.36. The van der Waals surface area contributed by atoms with E-state index in [0.717, 1.165) is 77.2 Å². The summed E-state index contributed by atoms with van der Waals surface area (Å²) in [6, 6.07) is 9.24. The van der Waals surface area contributed by atoms with Crippen LogP contribution < -0.4 is 16.0 Å². The van der Waals surface area contributed by atoms with E-state index < -0.39 is 0 Å². The minimum absolute atomic E-state index is 0.344. The fourth-order valence-electron chi connectivity index (χ4n) is 4.26. The van der Waals surface area contributed by atoms with E-state index in [0.29, 0.717) is 11.4 Å². The second kappa shape index (κ2) is 12.2. The van der Waals surface area contributed by atoms with E-state index in [9.17, 15) is 0 Å². The Morgan fingerprint density at radius 3 is 2.39 bits per heavy atom. The molecule has 2 aromatic rings. The van der Waals surface area contributed by atoms with Gasteiger partial charge in [-0.2, -0.15) is 4.98 Å². The number of nitrogens with two attached hydrogens (primary N) is 1. The fourth-order valence-corrected chi connectivity index (χ4v) is 4.26. The number of nitrogens with zero attached hydrogens (tertiary/aromatic N) is 4. The molecule has 6 nitrogen and oxygen atoms in total. The topological polar surface area (TPSA) is 70.3 Å². The summed E-state index contributed by atoms with van der Waals surface area (Å²) in [5.74, 6) is 1.25. The van der Waals surface area contributed by atoms with Crippen molar-refractivity contribution in [3.05, 3.63) is 41.6 Å². The molecule has 0 radical (unpaired) electrons. The summed E-state index contributed by atoms with van der Waals surface area (Å²) in [4.78, 5) is 13.7. The Labute approximate surface area is 201 Å². The number of hydrogen-bond acceptors (Lipinski definition) is 6. The third-order valence-electron chi connectivity index (χ3n) is 6.46. The Morgan fingerprint density at radius 1 is 1.00 bits per heavy atom. The van der Waals surface area contributed by atoms with Crippen LogP contribution in [0.1, 0.15) is 64.5 Å². The first-order valence-corrected chi connectivity index (χ1v) is 12.8. The maximum absolute atomic E-state index is 5.80. The summed E-state index contributed by atoms with van der Waals surface area (Å²) < 4.78 is 0. The molecule has 0 atom stereocenters. The lowest BCUT2D eigenvalue weighted by molar-refractivity contribution is 0.255. The second-order valence-electron chi connectivity index (χ2n) is 10.5. The number of aryl methyl sites for hydroxylation is 2. The average Bonchev–Trinajstić information content (AvgIpc) is 2.80. The van der Waals surface area contributed by atoms with Gasteiger partial charge < -0.3 is 16.0 Å². The summed E-state index contributed by atoms with van der Waals surface area (Å²) in [5, 5.41) is 3.44. The van der Waals surface area contributed by atoms with Gasteiger partial charge in [-0.25, -0.2) is 4.98 Å². The molecule has 1 aromatic carbocycles. The predicted molar refractivity (Wildman–Crippen MR) is 141 cm³/mol. The molecule has 0 bridgehead atoms. The van der Waals surface area contributed by atoms with E-state index >= 15 is 0 Å². The van der Waals surface area contributed by atoms with Gasteiger partial charge in [-0.1, -0.05) is 46.2 Å². The van der Waals surface area contributed by atoms with E-state index in [2.05, 4.69) is 77.0 Å². The number of piperazine rings is 1. The summed E-state index contributed by atoms with van der Waals surface area (Å²) in [7, 11) is 0. The highest BCUT2D eigenvalue weighted by Gasteiger charge is 2.17. The molecule has 2 heterocycles. The zero-order chi connectivity index (χ0) is 23.7. The van der Waals surface area contributed by atoms with Gasteiger partial charge in [0.2, 0.25) is 5.95 Å². The number of hydrogen-bond donors (Lipinski definition) is 2. The van der Waals surface area contributed by atoms with Crippen LogP contribution in [0.3, 0.4) is 0 Å². The molecule has 1 aliphatic rings. The zero-order valence-corrected chi connectivity index (χ0v) is 21.2. The van der Waals surface area contributed by atoms with Crippen LogP contribution in [0.25, 0.3) is 0 Å². The van der Waals surface area contributed by atoms with Gasteiger partial charge in [-0.3, -0.25) is 4.90 Å². The fraction of sp³-hybridized carbons (Fsp3) is 0.630. The maximum atomic E-state index is 5.80. The minimum atomic E-state index is 0.344. The van der Waals surface area contributed by atoms with Crippen molar-refractivity contribution in [2.75, 3.05) is 55.2 Å². The van der Waals surface area contributed by atoms with E-state index in [1.807, 2.05) is 6.20 Å². The molecular formula is C27H44N6. The first-order chi connectivity index (χ1) is 15.8. The minimum Gasteiger partial charge on any atom is -0.370 e. The van der Waals surface area contributed by atoms with E-state index in [4.69, 9.17) is 5.73 Å². The molecule has 1 aliphatic heterocycles. The molecule has 182 valence electrons. The third kappa shape index (κ3) is 8.50. The molecule has 0 spiro atoms. The van der Waals surface area contributed by atoms with Crippen molar-refractivity contribution in [1.82, 2.24) is 14.9 Å². The van der Waals surface area contributed by atoms with Crippen molar-refractivity contribution in [3.8, 4) is 0 Å². The van der Waals surface area contributed by atoms with Gasteiger partial charge in [0.25, 0.3) is 0 Å². The highest BCUT2D eigenvalue weighted by atomic mass is 15.3. The first kappa shape index (κ1) is 25.3. The Morgan fingerprint density at radius 2 is 1.73 bits per heavy atom. The van der Waals surface area contributed by atoms with Crippen molar-refractivity contribution in [2.45, 2.75) is 66.2 Å². The Kier molecular flexibility index (Phi) is 9.36. The van der Waals surface area contributed by atoms with Crippen LogP contribution in [0, 0.1) is 5.41 Å². The normalized spacial score (nSPS) is 15.1. The SMILES string of the molecule is CCCCNc1nc(N)ncc1CCCN1CCN(c2ccc(CCC(C)(C)C)cc2)CC1. The predicted octanol–water partition coefficient (Wildman–Crippen LogP) is 5.00. The number of unbranched alkanes of at least 4 members (excludes halogenated alkanes) is 1. The van der Waals surface area contributed by atoms with E-state index in [1.165, 1.54) is 23.2 Å². The summed E-state index contributed by atoms with van der Waals surface area (Å²) in [6.07, 6.45) is 8.66. The van der Waals surface area contributed by atoms with E-state index in [-0.39, 0.29) is 0 Å². The highest BCUT2D eigenvalue weighted by molar-refractivity contribution is 5.48. The van der Waals surface area contributed by atoms with Gasteiger partial charge in [-0.05, 0) is 61.8 Å². The molecule has 0 saturated carbocycles. The van der Waals surface area contributed by atoms with Gasteiger partial charge in [0.1, 0.15) is 5.82 Å². The van der Waals surface area contributed by atoms with Crippen LogP contribution in [0.5, 0.6) is 0 Å². The molecule has 1 saturated heterocycles. The van der Waals surface area contributed by atoms with Crippen molar-refractivity contribution >= 4 is 17.5 Å². The standard InChI is InChI=1S/C27H44N6/c1-5-6-15-29-25-23(21-30-26(28)31-25)8-7-16-32-17-19-33(20-18-32)24-11-9-22(10-12-24)13-14-27(2,3)4/h9-12,21H,5-8,13-20H2,1-4H3,(H3,28,29,30,31). The molecular weight excluding hydrogens is 408 g/mol. The molecule has 0 unspecified atom stereocenters. The Bertz CT molecular complexity index is 835. The maximum Gasteiger partial charge on any atom is 0.221 e. The number of anilines is 3. The van der Waals surface area contributed by atoms with Gasteiger partial charge in [0.05, 0.1) is 0 Å². The Hall–Kier alpha value is -2.34. The number of benzene rings is 1. The zero-order valence-electron chi connectivity index (χ0n) is 21.2. The largest absolute Gasteiger partial charge is 0.370 e. The van der Waals surface area contributed by atoms with E-state index in [1.54, 1.807) is 0 Å². The molecule has 0 aliphatic carbocycles. The molecule has 6 heteroatoms. The molecule has 1 aromatic heterocycles. The smallest absolute Gasteiger partial charge is 0.221 e. The number of nitrogen functional groups attached to an aromatic ring is 1. The van der Waals surface area contributed by atoms with Crippen LogP contribution in [0.2, 0.25) is 0 Å². The number of aromatic nitrogens is 2. The quantitative estimate of drug-likeness (QED) is 0.467. The molecule has 0 amide bonds. The lowest BCUT2D eigenvalue weighted by atomic mass is 9.89. The van der Waals surface area contributed by atoms with Crippen LogP contribution >= 0.6 is 0 Å². The molecule has 33 heavy (non-hydrogen) atoms. The number of rotatable bonds is 11. The van der Waals surface area contributed by atoms with Crippen molar-refractivity contribution in [3.63, 3.8) is 0 Å². The highest BCUT2D eigenvalue weighted by Crippen LogP contribution is 2.23. The van der Waals surface area contributed by atoms with Gasteiger partial charge in [0.15, 0.2) is 0 Å². The lowest BCUT2D eigenvalue weighted by Crippen LogP contribution is -2.46. The van der Waals surface area contributed by atoms with Crippen LogP contribution in [-0.2, 0) is 12.8 Å². The first-order valence-electron chi connectivity index (χ1n) is 12.8. The summed E-state index contributed by atoms with van der Waals surface area (Å²) >= 11 is 0. The Balaban J connectivity index is 1.41. The summed E-state index contributed by atoms with van der Waals surface area (Å²) in [6.45, 7) is 15.6. The van der Waals surface area contributed by atoms with Crippen molar-refractivity contribution < 1.29 is 0 Å². The number of nitrogens with one attached hydrogen (secondary N) is 1. The molecule has 3 N–H and O–H groups in total. The average molecular weight is 453 g/mol. The van der Waals surface area contributed by atoms with Gasteiger partial charge >= 0.3 is 0 Å². The molecule has 3 rings (SSSR count). The van der Waals surface area contributed by atoms with Gasteiger partial charge in [-0.15, -0.1) is 0 Å². The van der Waals surface area contributed by atoms with Crippen LogP contribution in [-0.4, -0.2) is 54.1 Å². The van der Waals surface area contributed by atoms with Crippen molar-refractivity contribution in [2.24, 2.45) is 5.41 Å². The summed E-state index contributed by atoms with van der Waals surface area (Å²) in [5.41, 5.74) is 10.2. The molecule has 1 fully saturated rings. The van der Waals surface area contributed by atoms with Crippen molar-refractivity contribution in [1.29, 1.82) is 0 Å². The monoisotopic (exact) mass is 452 g/mol.